The van der Waals surface area contributed by atoms with Crippen LogP contribution in [-0.4, -0.2) is 42.8 Å². The van der Waals surface area contributed by atoms with Crippen LogP contribution >= 0.6 is 35.3 Å². The highest BCUT2D eigenvalue weighted by molar-refractivity contribution is 14.0. The summed E-state index contributed by atoms with van der Waals surface area (Å²) in [5.74, 6) is 1.33. The Morgan fingerprint density at radius 3 is 2.81 bits per heavy atom. The fourth-order valence-electron chi connectivity index (χ4n) is 2.04. The zero-order valence-electron chi connectivity index (χ0n) is 15.3. The number of rotatable bonds is 9. The second-order valence-corrected chi connectivity index (χ2v) is 6.54. The Labute approximate surface area is 175 Å². The molecule has 0 atom stereocenters. The summed E-state index contributed by atoms with van der Waals surface area (Å²) >= 11 is 1.68. The molecule has 2 aromatic heterocycles. The summed E-state index contributed by atoms with van der Waals surface area (Å²) in [5, 5.41) is 7.57. The van der Waals surface area contributed by atoms with Crippen LogP contribution in [0.5, 0.6) is 5.88 Å². The van der Waals surface area contributed by atoms with E-state index in [-0.39, 0.29) is 24.0 Å². The molecule has 0 unspecified atom stereocenters. The summed E-state index contributed by atoms with van der Waals surface area (Å²) in [6, 6.07) is 3.85. The van der Waals surface area contributed by atoms with Gasteiger partial charge in [-0.1, -0.05) is 6.07 Å². The van der Waals surface area contributed by atoms with Gasteiger partial charge in [0.15, 0.2) is 5.96 Å². The number of pyridine rings is 1. The Kier molecular flexibility index (Phi) is 11.1. The third-order valence-corrected chi connectivity index (χ3v) is 4.12. The number of thiazole rings is 1. The van der Waals surface area contributed by atoms with Crippen LogP contribution < -0.4 is 15.4 Å². The SMILES string of the molecule is CCNC(=NCc1cccnc1OCCOC)NCc1ncc(C)s1.I. The van der Waals surface area contributed by atoms with E-state index < -0.39 is 0 Å². The molecule has 144 valence electrons. The average Bonchev–Trinajstić information content (AvgIpc) is 3.04. The second-order valence-electron chi connectivity index (χ2n) is 5.22. The van der Waals surface area contributed by atoms with Crippen LogP contribution in [0.15, 0.2) is 29.5 Å². The molecule has 0 fully saturated rings. The zero-order valence-corrected chi connectivity index (χ0v) is 18.5. The monoisotopic (exact) mass is 491 g/mol. The van der Waals surface area contributed by atoms with Gasteiger partial charge in [0.1, 0.15) is 11.6 Å². The molecule has 0 radical (unpaired) electrons. The van der Waals surface area contributed by atoms with Crippen molar-refractivity contribution in [1.29, 1.82) is 0 Å². The van der Waals surface area contributed by atoms with Gasteiger partial charge >= 0.3 is 0 Å². The van der Waals surface area contributed by atoms with Crippen molar-refractivity contribution in [1.82, 2.24) is 20.6 Å². The van der Waals surface area contributed by atoms with Crippen molar-refractivity contribution in [3.63, 3.8) is 0 Å². The molecule has 2 heterocycles. The first-order valence-corrected chi connectivity index (χ1v) is 9.03. The number of ether oxygens (including phenoxy) is 2. The molecule has 0 aliphatic rings. The summed E-state index contributed by atoms with van der Waals surface area (Å²) < 4.78 is 10.7. The third-order valence-electron chi connectivity index (χ3n) is 3.20. The van der Waals surface area contributed by atoms with Gasteiger partial charge in [0, 0.05) is 36.5 Å². The van der Waals surface area contributed by atoms with Gasteiger partial charge in [-0.25, -0.2) is 15.0 Å². The molecular formula is C17H26IN5O2S. The zero-order chi connectivity index (χ0) is 17.9. The minimum Gasteiger partial charge on any atom is -0.475 e. The van der Waals surface area contributed by atoms with E-state index in [1.807, 2.05) is 32.2 Å². The van der Waals surface area contributed by atoms with Gasteiger partial charge in [-0.3, -0.25) is 0 Å². The molecule has 2 N–H and O–H groups in total. The lowest BCUT2D eigenvalue weighted by Crippen LogP contribution is -2.36. The molecule has 0 aromatic carbocycles. The fraction of sp³-hybridized carbons (Fsp3) is 0.471. The van der Waals surface area contributed by atoms with Crippen molar-refractivity contribution in [3.05, 3.63) is 40.0 Å². The molecule has 7 nitrogen and oxygen atoms in total. The number of nitrogens with zero attached hydrogens (tertiary/aromatic N) is 3. The maximum absolute atomic E-state index is 5.65. The lowest BCUT2D eigenvalue weighted by atomic mass is 10.3. The van der Waals surface area contributed by atoms with Crippen LogP contribution in [0.3, 0.4) is 0 Å². The molecule has 0 saturated heterocycles. The van der Waals surface area contributed by atoms with Crippen molar-refractivity contribution < 1.29 is 9.47 Å². The van der Waals surface area contributed by atoms with Crippen molar-refractivity contribution in [2.75, 3.05) is 26.9 Å². The highest BCUT2D eigenvalue weighted by Gasteiger charge is 2.06. The van der Waals surface area contributed by atoms with Crippen molar-refractivity contribution >= 4 is 41.3 Å². The summed E-state index contributed by atoms with van der Waals surface area (Å²) in [5.41, 5.74) is 0.931. The van der Waals surface area contributed by atoms with Gasteiger partial charge in [0.2, 0.25) is 5.88 Å². The first-order valence-electron chi connectivity index (χ1n) is 8.22. The van der Waals surface area contributed by atoms with Gasteiger partial charge in [0.05, 0.1) is 19.7 Å². The number of aliphatic imine (C=N–C) groups is 1. The summed E-state index contributed by atoms with van der Waals surface area (Å²) in [6.45, 7) is 6.98. The lowest BCUT2D eigenvalue weighted by molar-refractivity contribution is 0.143. The number of methoxy groups -OCH3 is 1. The molecule has 2 rings (SSSR count). The van der Waals surface area contributed by atoms with Gasteiger partial charge in [-0.2, -0.15) is 0 Å². The molecule has 0 spiro atoms. The van der Waals surface area contributed by atoms with E-state index in [9.17, 15) is 0 Å². The number of halogens is 1. The molecule has 0 aliphatic heterocycles. The average molecular weight is 491 g/mol. The predicted molar refractivity (Wildman–Crippen MR) is 116 cm³/mol. The van der Waals surface area contributed by atoms with Gasteiger partial charge < -0.3 is 20.1 Å². The highest BCUT2D eigenvalue weighted by atomic mass is 127. The molecule has 2 aromatic rings. The molecule has 0 saturated carbocycles. The second kappa shape index (κ2) is 12.8. The Balaban J connectivity index is 0.00000338. The van der Waals surface area contributed by atoms with E-state index in [0.29, 0.717) is 32.2 Å². The van der Waals surface area contributed by atoms with E-state index in [1.54, 1.807) is 24.6 Å². The van der Waals surface area contributed by atoms with E-state index in [2.05, 4.69) is 25.6 Å². The van der Waals surface area contributed by atoms with E-state index in [1.165, 1.54) is 4.88 Å². The summed E-state index contributed by atoms with van der Waals surface area (Å²) in [4.78, 5) is 14.4. The van der Waals surface area contributed by atoms with Crippen molar-refractivity contribution in [2.24, 2.45) is 4.99 Å². The number of nitrogens with one attached hydrogen (secondary N) is 2. The standard InChI is InChI=1S/C17H25N5O2S.HI/c1-4-18-17(22-12-15-20-10-13(2)25-15)21-11-14-6-5-7-19-16(14)24-9-8-23-3;/h5-7,10H,4,8-9,11-12H2,1-3H3,(H2,18,21,22);1H. The van der Waals surface area contributed by atoms with Crippen LogP contribution in [0, 0.1) is 6.92 Å². The van der Waals surface area contributed by atoms with Crippen molar-refractivity contribution in [3.8, 4) is 5.88 Å². The summed E-state index contributed by atoms with van der Waals surface area (Å²) in [7, 11) is 1.64. The Hall–Kier alpha value is -1.46. The van der Waals surface area contributed by atoms with Crippen LogP contribution in [0.2, 0.25) is 0 Å². The smallest absolute Gasteiger partial charge is 0.218 e. The maximum atomic E-state index is 5.65. The number of guanidine groups is 1. The minimum absolute atomic E-state index is 0. The Morgan fingerprint density at radius 2 is 2.12 bits per heavy atom. The molecule has 0 aliphatic carbocycles. The maximum Gasteiger partial charge on any atom is 0.218 e. The Morgan fingerprint density at radius 1 is 1.27 bits per heavy atom. The minimum atomic E-state index is 0. The first kappa shape index (κ1) is 22.6. The van der Waals surface area contributed by atoms with Gasteiger partial charge in [-0.15, -0.1) is 35.3 Å². The van der Waals surface area contributed by atoms with E-state index >= 15 is 0 Å². The number of hydrogen-bond acceptors (Lipinski definition) is 6. The molecular weight excluding hydrogens is 465 g/mol. The number of aryl methyl sites for hydroxylation is 1. The molecule has 0 bridgehead atoms. The lowest BCUT2D eigenvalue weighted by Gasteiger charge is -2.11. The first-order chi connectivity index (χ1) is 12.2. The van der Waals surface area contributed by atoms with Gasteiger partial charge in [-0.05, 0) is 19.9 Å². The quantitative estimate of drug-likeness (QED) is 0.243. The van der Waals surface area contributed by atoms with Crippen molar-refractivity contribution in [2.45, 2.75) is 26.9 Å². The number of aromatic nitrogens is 2. The van der Waals surface area contributed by atoms with Crippen LogP contribution in [-0.2, 0) is 17.8 Å². The third kappa shape index (κ3) is 7.83. The van der Waals surface area contributed by atoms with Crippen LogP contribution in [0.4, 0.5) is 0 Å². The molecule has 9 heteroatoms. The largest absolute Gasteiger partial charge is 0.475 e. The summed E-state index contributed by atoms with van der Waals surface area (Å²) in [6.07, 6.45) is 3.59. The predicted octanol–water partition coefficient (Wildman–Crippen LogP) is 2.75. The van der Waals surface area contributed by atoms with E-state index in [0.717, 1.165) is 23.1 Å². The molecule has 0 amide bonds. The van der Waals surface area contributed by atoms with Gasteiger partial charge in [0.25, 0.3) is 0 Å². The molecule has 26 heavy (non-hydrogen) atoms. The number of hydrogen-bond donors (Lipinski definition) is 2. The van der Waals surface area contributed by atoms with E-state index in [4.69, 9.17) is 9.47 Å². The Bertz CT molecular complexity index is 681. The van der Waals surface area contributed by atoms with Crippen LogP contribution in [0.25, 0.3) is 0 Å². The fourth-order valence-corrected chi connectivity index (χ4v) is 2.77. The topological polar surface area (TPSA) is 80.7 Å². The highest BCUT2D eigenvalue weighted by Crippen LogP contribution is 2.15. The normalized spacial score (nSPS) is 11.0. The van der Waals surface area contributed by atoms with Crippen LogP contribution in [0.1, 0.15) is 22.4 Å².